The molecule has 0 saturated heterocycles. The van der Waals surface area contributed by atoms with Gasteiger partial charge in [0.25, 0.3) is 0 Å². The first-order chi connectivity index (χ1) is 18.2. The van der Waals surface area contributed by atoms with Crippen LogP contribution in [0.25, 0.3) is 11.1 Å². The van der Waals surface area contributed by atoms with Crippen molar-refractivity contribution in [1.29, 1.82) is 0 Å². The highest BCUT2D eigenvalue weighted by atomic mass is 19.1. The van der Waals surface area contributed by atoms with E-state index in [0.717, 1.165) is 23.3 Å². The predicted octanol–water partition coefficient (Wildman–Crippen LogP) is 6.10. The van der Waals surface area contributed by atoms with Crippen LogP contribution in [0, 0.1) is 18.6 Å². The first-order valence-corrected chi connectivity index (χ1v) is 11.6. The zero-order valence-electron chi connectivity index (χ0n) is 20.6. The lowest BCUT2D eigenvalue weighted by atomic mass is 9.83. The number of nitrogens with zero attached hydrogens (tertiary/aromatic N) is 2. The summed E-state index contributed by atoms with van der Waals surface area (Å²) in [6.07, 6.45) is 0.0433. The summed E-state index contributed by atoms with van der Waals surface area (Å²) in [4.78, 5) is 22.5. The van der Waals surface area contributed by atoms with Crippen molar-refractivity contribution in [1.82, 2.24) is 4.57 Å². The van der Waals surface area contributed by atoms with Crippen molar-refractivity contribution in [2.45, 2.75) is 19.3 Å². The normalized spacial score (nSPS) is 12.3. The molecule has 0 aliphatic rings. The molecule has 4 rings (SSSR count). The van der Waals surface area contributed by atoms with E-state index in [2.05, 4.69) is 9.89 Å². The van der Waals surface area contributed by atoms with Crippen LogP contribution < -0.4 is 10.3 Å². The highest BCUT2D eigenvalue weighted by Crippen LogP contribution is 2.35. The molecule has 0 saturated carbocycles. The molecular formula is C29H24F2N2O5. The summed E-state index contributed by atoms with van der Waals surface area (Å²) in [5, 5.41) is 22.0. The third kappa shape index (κ3) is 5.62. The molecule has 0 fully saturated rings. The molecule has 4 aromatic rings. The molecule has 1 atom stereocenters. The summed E-state index contributed by atoms with van der Waals surface area (Å²) in [6.45, 7) is 1.90. The average Bonchev–Trinajstić information content (AvgIpc) is 2.88. The molecule has 1 unspecified atom stereocenters. The van der Waals surface area contributed by atoms with Crippen LogP contribution in [-0.4, -0.2) is 26.7 Å². The van der Waals surface area contributed by atoms with E-state index in [1.807, 2.05) is 31.2 Å². The number of aryl methyl sites for hydroxylation is 2. The van der Waals surface area contributed by atoms with E-state index in [1.54, 1.807) is 31.4 Å². The Kier molecular flexibility index (Phi) is 7.66. The van der Waals surface area contributed by atoms with Gasteiger partial charge in [-0.25, -0.2) is 13.6 Å². The van der Waals surface area contributed by atoms with Crippen LogP contribution in [-0.2, 0) is 7.05 Å². The molecule has 0 aliphatic heterocycles. The predicted molar refractivity (Wildman–Crippen MR) is 138 cm³/mol. The minimum absolute atomic E-state index is 0.131. The van der Waals surface area contributed by atoms with Crippen LogP contribution >= 0.6 is 0 Å². The van der Waals surface area contributed by atoms with Gasteiger partial charge in [-0.3, -0.25) is 4.79 Å². The van der Waals surface area contributed by atoms with E-state index in [1.165, 1.54) is 22.8 Å². The van der Waals surface area contributed by atoms with Crippen LogP contribution in [0.1, 0.15) is 34.6 Å². The molecule has 0 radical (unpaired) electrons. The van der Waals surface area contributed by atoms with E-state index >= 15 is 4.39 Å². The molecule has 1 aromatic heterocycles. The van der Waals surface area contributed by atoms with Crippen molar-refractivity contribution in [2.24, 2.45) is 12.2 Å². The summed E-state index contributed by atoms with van der Waals surface area (Å²) in [5.41, 5.74) is 3.35. The number of hydrogen-bond donors (Lipinski definition) is 2. The maximum Gasteiger partial charge on any atom is 0.511 e. The molecule has 0 bridgehead atoms. The molecule has 1 heterocycles. The van der Waals surface area contributed by atoms with Gasteiger partial charge in [0, 0.05) is 37.2 Å². The van der Waals surface area contributed by atoms with E-state index < -0.39 is 29.5 Å². The Labute approximate surface area is 216 Å². The van der Waals surface area contributed by atoms with Gasteiger partial charge in [-0.2, -0.15) is 0 Å². The highest BCUT2D eigenvalue weighted by Gasteiger charge is 2.24. The number of rotatable bonds is 7. The number of benzene rings is 3. The summed E-state index contributed by atoms with van der Waals surface area (Å²) >= 11 is 0. The van der Waals surface area contributed by atoms with Crippen molar-refractivity contribution in [3.8, 4) is 16.9 Å². The second kappa shape index (κ2) is 11.1. The van der Waals surface area contributed by atoms with Crippen LogP contribution in [0.2, 0.25) is 0 Å². The van der Waals surface area contributed by atoms with Crippen molar-refractivity contribution < 1.29 is 28.6 Å². The van der Waals surface area contributed by atoms with E-state index in [4.69, 9.17) is 5.11 Å². The topological polar surface area (TPSA) is 101 Å². The third-order valence-corrected chi connectivity index (χ3v) is 6.34. The van der Waals surface area contributed by atoms with Crippen molar-refractivity contribution in [2.75, 3.05) is 0 Å². The number of carboxylic acid groups (broad SMARTS) is 1. The van der Waals surface area contributed by atoms with Gasteiger partial charge in [0.1, 0.15) is 5.82 Å². The van der Waals surface area contributed by atoms with Crippen LogP contribution in [0.5, 0.6) is 5.75 Å². The van der Waals surface area contributed by atoms with E-state index in [-0.39, 0.29) is 17.7 Å². The molecule has 7 nitrogen and oxygen atoms in total. The van der Waals surface area contributed by atoms with Crippen LogP contribution in [0.15, 0.2) is 88.9 Å². The van der Waals surface area contributed by atoms with Gasteiger partial charge in [-0.05, 0) is 59.0 Å². The highest BCUT2D eigenvalue weighted by molar-refractivity contribution is 6.00. The number of halogens is 2. The maximum absolute atomic E-state index is 15.7. The molecule has 9 heteroatoms. The third-order valence-electron chi connectivity index (χ3n) is 6.34. The summed E-state index contributed by atoms with van der Waals surface area (Å²) in [6, 6.07) is 18.6. The second-order valence-electron chi connectivity index (χ2n) is 8.78. The van der Waals surface area contributed by atoms with Gasteiger partial charge >= 0.3 is 6.16 Å². The molecule has 38 heavy (non-hydrogen) atoms. The van der Waals surface area contributed by atoms with E-state index in [9.17, 15) is 19.2 Å². The smallest absolute Gasteiger partial charge is 0.449 e. The molecule has 0 aliphatic carbocycles. The minimum Gasteiger partial charge on any atom is -0.449 e. The Morgan fingerprint density at radius 1 is 0.974 bits per heavy atom. The van der Waals surface area contributed by atoms with Gasteiger partial charge in [-0.1, -0.05) is 47.6 Å². The molecule has 0 spiro atoms. The van der Waals surface area contributed by atoms with Crippen molar-refractivity contribution in [3.63, 3.8) is 0 Å². The average molecular weight is 519 g/mol. The Balaban J connectivity index is 1.74. The Hall–Kier alpha value is -4.79. The van der Waals surface area contributed by atoms with E-state index in [0.29, 0.717) is 22.3 Å². The molecule has 3 aromatic carbocycles. The first-order valence-electron chi connectivity index (χ1n) is 11.6. The zero-order valence-corrected chi connectivity index (χ0v) is 20.6. The monoisotopic (exact) mass is 518 g/mol. The fraction of sp³-hybridized carbons (Fsp3) is 0.138. The lowest BCUT2D eigenvalue weighted by molar-refractivity contribution is 0.142. The van der Waals surface area contributed by atoms with Crippen molar-refractivity contribution in [3.05, 3.63) is 123 Å². The fourth-order valence-electron chi connectivity index (χ4n) is 4.39. The number of aromatic nitrogens is 1. The van der Waals surface area contributed by atoms with Gasteiger partial charge in [0.2, 0.25) is 5.56 Å². The SMILES string of the molecule is Cc1ccccc1C(C/C(=N\O)c1ccc(=O)n(C)c1)c1ccc(-c2ccc(OC(=O)O)c(F)c2)cc1F. The largest absolute Gasteiger partial charge is 0.511 e. The number of oxime groups is 1. The summed E-state index contributed by atoms with van der Waals surface area (Å²) in [5.74, 6) is -2.45. The van der Waals surface area contributed by atoms with Gasteiger partial charge in [-0.15, -0.1) is 0 Å². The molecule has 0 amide bonds. The quantitative estimate of drug-likeness (QED) is 0.101. The molecule has 194 valence electrons. The number of pyridine rings is 1. The fourth-order valence-corrected chi connectivity index (χ4v) is 4.39. The Bertz CT molecular complexity index is 1600. The minimum atomic E-state index is -1.64. The first kappa shape index (κ1) is 26.3. The molecule has 2 N–H and O–H groups in total. The lowest BCUT2D eigenvalue weighted by Crippen LogP contribution is -2.18. The van der Waals surface area contributed by atoms with Crippen LogP contribution in [0.3, 0.4) is 0 Å². The van der Waals surface area contributed by atoms with Gasteiger partial charge < -0.3 is 19.6 Å². The lowest BCUT2D eigenvalue weighted by Gasteiger charge is -2.22. The standard InChI is InChI=1S/C29H24F2N2O5/c1-17-5-3-4-6-21(17)23(15-26(32-37)20-9-12-28(34)33(2)16-20)22-10-7-18(13-24(22)30)19-8-11-27(25(31)14-19)38-29(35)36/h3-14,16,23,37H,15H2,1-2H3,(H,35,36)/b32-26+. The van der Waals surface area contributed by atoms with Crippen molar-refractivity contribution >= 4 is 11.9 Å². The Morgan fingerprint density at radius 2 is 1.66 bits per heavy atom. The van der Waals surface area contributed by atoms with Gasteiger partial charge in [0.15, 0.2) is 11.6 Å². The second-order valence-corrected chi connectivity index (χ2v) is 8.78. The molecular weight excluding hydrogens is 494 g/mol. The van der Waals surface area contributed by atoms with Gasteiger partial charge in [0.05, 0.1) is 5.71 Å². The number of carbonyl (C=O) groups is 1. The maximum atomic E-state index is 15.7. The Morgan fingerprint density at radius 3 is 2.26 bits per heavy atom. The number of hydrogen-bond acceptors (Lipinski definition) is 5. The van der Waals surface area contributed by atoms with Crippen LogP contribution in [0.4, 0.5) is 13.6 Å². The number of ether oxygens (including phenoxy) is 1. The zero-order chi connectivity index (χ0) is 27.4. The summed E-state index contributed by atoms with van der Waals surface area (Å²) < 4.78 is 35.8. The summed E-state index contributed by atoms with van der Waals surface area (Å²) in [7, 11) is 1.58.